The second kappa shape index (κ2) is 29.9. The molecule has 0 spiro atoms. The number of aromatic nitrogens is 1. The van der Waals surface area contributed by atoms with Gasteiger partial charge < -0.3 is 67.4 Å². The minimum atomic E-state index is -1.47. The molecule has 1 amide bonds. The van der Waals surface area contributed by atoms with Crippen molar-refractivity contribution in [3.63, 3.8) is 0 Å². The van der Waals surface area contributed by atoms with Crippen molar-refractivity contribution in [2.24, 2.45) is 11.8 Å². The number of carbonyl (C=O) groups is 6. The first-order valence-corrected chi connectivity index (χ1v) is 26.0. The smallest absolute Gasteiger partial charge is 0.309 e. The van der Waals surface area contributed by atoms with Crippen molar-refractivity contribution in [2.45, 2.75) is 192 Å². The number of rotatable bonds is 18. The van der Waals surface area contributed by atoms with Crippen molar-refractivity contribution < 1.29 is 86.4 Å². The Kier molecular flexibility index (Phi) is 25.1. The van der Waals surface area contributed by atoms with Crippen LogP contribution in [0.2, 0.25) is 0 Å². The van der Waals surface area contributed by atoms with Gasteiger partial charge in [0, 0.05) is 72.1 Å². The molecule has 22 heteroatoms. The van der Waals surface area contributed by atoms with Gasteiger partial charge in [-0.1, -0.05) is 32.9 Å². The molecule has 0 radical (unpaired) electrons. The normalized spacial score (nSPS) is 33.8. The van der Waals surface area contributed by atoms with Crippen molar-refractivity contribution >= 4 is 42.1 Å². The number of aliphatic hydroxyl groups is 2. The third kappa shape index (κ3) is 18.0. The van der Waals surface area contributed by atoms with Crippen molar-refractivity contribution in [3.05, 3.63) is 35.7 Å². The number of aliphatic hydroxyl groups excluding tert-OH is 2. The van der Waals surface area contributed by atoms with Gasteiger partial charge in [-0.3, -0.25) is 33.8 Å². The lowest BCUT2D eigenvalue weighted by Gasteiger charge is -2.50. The lowest BCUT2D eigenvalue weighted by atomic mass is 9.82. The zero-order valence-corrected chi connectivity index (χ0v) is 46.1. The molecule has 2 N–H and O–H groups in total. The highest BCUT2D eigenvalue weighted by atomic mass is 16.7. The van der Waals surface area contributed by atoms with Crippen LogP contribution in [0.5, 0.6) is 0 Å². The van der Waals surface area contributed by atoms with Crippen molar-refractivity contribution in [1.29, 1.82) is 0 Å². The van der Waals surface area contributed by atoms with Gasteiger partial charge in [0.1, 0.15) is 36.8 Å². The summed E-state index contributed by atoms with van der Waals surface area (Å²) >= 11 is 0. The van der Waals surface area contributed by atoms with Crippen LogP contribution in [0.15, 0.2) is 24.5 Å². The number of ether oxygens (including phenoxy) is 9. The number of carbonyl (C=O) groups excluding carboxylic acids is 6. The molecule has 0 saturated carbocycles. The third-order valence-corrected chi connectivity index (χ3v) is 14.1. The van der Waals surface area contributed by atoms with Gasteiger partial charge in [-0.2, -0.15) is 0 Å². The fourth-order valence-corrected chi connectivity index (χ4v) is 10.1. The number of hydrogen-bond acceptors (Lipinski definition) is 21. The van der Waals surface area contributed by atoms with E-state index in [9.17, 15) is 39.0 Å². The minimum Gasteiger partial charge on any atom is -0.462 e. The summed E-state index contributed by atoms with van der Waals surface area (Å²) in [5.41, 5.74) is -0.409. The summed E-state index contributed by atoms with van der Waals surface area (Å²) in [6.07, 6.45) is -4.51. The zero-order valence-electron chi connectivity index (χ0n) is 46.1. The van der Waals surface area contributed by atoms with Gasteiger partial charge in [-0.05, 0) is 91.2 Å². The van der Waals surface area contributed by atoms with Gasteiger partial charge in [0.2, 0.25) is 0 Å². The summed E-state index contributed by atoms with van der Waals surface area (Å²) < 4.78 is 56.0. The minimum absolute atomic E-state index is 0.0380. The summed E-state index contributed by atoms with van der Waals surface area (Å²) in [6, 6.07) is 0.809. The molecule has 424 valence electrons. The van der Waals surface area contributed by atoms with E-state index in [2.05, 4.69) is 4.98 Å². The first kappa shape index (κ1) is 63.0. The number of cyclic esters (lactones) is 1. The molecule has 3 saturated heterocycles. The van der Waals surface area contributed by atoms with Crippen LogP contribution in [0.1, 0.15) is 122 Å². The molecule has 3 aliphatic heterocycles. The summed E-state index contributed by atoms with van der Waals surface area (Å²) in [4.78, 5) is 90.6. The number of amides is 1. The highest BCUT2D eigenvalue weighted by Gasteiger charge is 2.54. The Bertz CT molecular complexity index is 2050. The highest BCUT2D eigenvalue weighted by molar-refractivity contribution is 5.93. The monoisotopic (exact) mass is 1060 g/mol. The molecular formula is C53H84N4O18. The second-order valence-corrected chi connectivity index (χ2v) is 20.4. The maximum Gasteiger partial charge on any atom is 0.309 e. The summed E-state index contributed by atoms with van der Waals surface area (Å²) in [5.74, 6) is -4.01. The molecule has 5 unspecified atom stereocenters. The van der Waals surface area contributed by atoms with Crippen LogP contribution >= 0.6 is 0 Å². The average molecular weight is 1070 g/mol. The molecule has 16 atom stereocenters. The van der Waals surface area contributed by atoms with Crippen LogP contribution in [0.25, 0.3) is 6.08 Å². The Morgan fingerprint density at radius 2 is 1.64 bits per heavy atom. The Balaban J connectivity index is 1.70. The second-order valence-electron chi connectivity index (χ2n) is 20.4. The van der Waals surface area contributed by atoms with E-state index in [-0.39, 0.29) is 51.0 Å². The number of aldehydes is 1. The Morgan fingerprint density at radius 1 is 0.947 bits per heavy atom. The van der Waals surface area contributed by atoms with E-state index in [0.717, 1.165) is 11.3 Å². The maximum atomic E-state index is 14.2. The van der Waals surface area contributed by atoms with E-state index >= 15 is 0 Å². The molecule has 22 nitrogen and oxygen atoms in total. The molecule has 0 aliphatic carbocycles. The quantitative estimate of drug-likeness (QED) is 0.0920. The van der Waals surface area contributed by atoms with E-state index in [4.69, 9.17) is 47.5 Å². The first-order valence-electron chi connectivity index (χ1n) is 26.0. The standard InChI is InChI=1S/C53H84N4O18/c1-14-41(61)71-40-26-43(63)70-38(19-16-18-35-25-37(29-54-28-35)51(65)57(11)67-13)20-17-22-56(10)30-39(60)31(3)24-36(21-23-58)48(49(40)66-12)74-52-46(64)45(55(8)9)47(32(4)69-52)73-44-27-53(7,75-34(6)59)50(33(5)68-44)72-42(62)15-2/h16,18,23,25,28-29,31-33,36,38-40,44-50,52,60,64H,14-15,17,19-22,24,26-27,30H2,1-13H3/b18-16+/t31-,32?,33?,36+,38+,39+,40-,44+,45?,46?,47-,48+,49+,50+,52+,53?/m1/s1. The molecule has 0 aromatic carbocycles. The van der Waals surface area contributed by atoms with Crippen LogP contribution in [0.4, 0.5) is 0 Å². The topological polar surface area (TPSA) is 258 Å². The fourth-order valence-electron chi connectivity index (χ4n) is 10.1. The predicted molar refractivity (Wildman–Crippen MR) is 270 cm³/mol. The number of methoxy groups -OCH3 is 1. The maximum absolute atomic E-state index is 14.2. The van der Waals surface area contributed by atoms with E-state index in [1.165, 1.54) is 34.4 Å². The molecule has 75 heavy (non-hydrogen) atoms. The van der Waals surface area contributed by atoms with E-state index in [1.54, 1.807) is 72.0 Å². The van der Waals surface area contributed by atoms with Gasteiger partial charge in [-0.25, -0.2) is 5.06 Å². The van der Waals surface area contributed by atoms with Crippen LogP contribution in [0.3, 0.4) is 0 Å². The zero-order chi connectivity index (χ0) is 55.7. The molecule has 4 rings (SSSR count). The van der Waals surface area contributed by atoms with Gasteiger partial charge in [0.05, 0.1) is 49.6 Å². The molecular weight excluding hydrogens is 981 g/mol. The number of hydroxylamine groups is 2. The highest BCUT2D eigenvalue weighted by Crippen LogP contribution is 2.39. The summed E-state index contributed by atoms with van der Waals surface area (Å²) in [7, 11) is 9.58. The molecule has 1 aromatic heterocycles. The van der Waals surface area contributed by atoms with E-state index in [1.807, 2.05) is 24.9 Å². The number of nitrogens with zero attached hydrogens (tertiary/aromatic N) is 4. The largest absolute Gasteiger partial charge is 0.462 e. The SMILES string of the molecule is CCC(=O)O[C@@H]1CC(=O)O[C@@H](C/C=C/c2cncc(C(=O)N(C)OC)c2)CCCN(C)C[C@H](O)[C@H](C)C[C@H](CC=O)[C@H](O[C@@H]2OC(C)[C@@H](O[C@H]3CC(C)(OC(C)=O)[C@@H](OC(=O)CC)C(C)O3)C(N(C)C)C2O)[C@H]1OC. The molecule has 3 fully saturated rings. The van der Waals surface area contributed by atoms with Gasteiger partial charge in [0.15, 0.2) is 24.3 Å². The Labute approximate surface area is 441 Å². The van der Waals surface area contributed by atoms with Gasteiger partial charge in [-0.15, -0.1) is 0 Å². The summed E-state index contributed by atoms with van der Waals surface area (Å²) in [5, 5.41) is 25.1. The number of esters is 4. The van der Waals surface area contributed by atoms with Crippen LogP contribution < -0.4 is 0 Å². The first-order chi connectivity index (χ1) is 35.5. The third-order valence-electron chi connectivity index (χ3n) is 14.1. The number of β-amino-alcohol motifs (C(OH)–C–C–N with tert-alkyl or cyclic N) is 1. The van der Waals surface area contributed by atoms with E-state index < -0.39 is 127 Å². The molecule has 4 heterocycles. The number of pyridine rings is 1. The Morgan fingerprint density at radius 3 is 2.27 bits per heavy atom. The average Bonchev–Trinajstić information content (AvgIpc) is 3.34. The summed E-state index contributed by atoms with van der Waals surface area (Å²) in [6.45, 7) is 12.2. The van der Waals surface area contributed by atoms with E-state index in [0.29, 0.717) is 30.5 Å². The fraction of sp³-hybridized carbons (Fsp3) is 0.755. The molecule has 1 aromatic rings. The van der Waals surface area contributed by atoms with Crippen molar-refractivity contribution in [1.82, 2.24) is 19.8 Å². The Hall–Kier alpha value is -4.49. The van der Waals surface area contributed by atoms with Crippen LogP contribution in [0, 0.1) is 11.8 Å². The van der Waals surface area contributed by atoms with Crippen LogP contribution in [-0.2, 0) is 71.4 Å². The van der Waals surface area contributed by atoms with Crippen molar-refractivity contribution in [3.8, 4) is 0 Å². The molecule has 0 bridgehead atoms. The van der Waals surface area contributed by atoms with Crippen molar-refractivity contribution in [2.75, 3.05) is 55.5 Å². The number of hydrogen-bond donors (Lipinski definition) is 2. The lowest BCUT2D eigenvalue weighted by molar-refractivity contribution is -0.344. The lowest BCUT2D eigenvalue weighted by Crippen LogP contribution is -2.66. The van der Waals surface area contributed by atoms with Crippen LogP contribution in [-0.4, -0.2) is 207 Å². The number of likely N-dealkylation sites (N-methyl/N-ethyl adjacent to an activating group) is 2. The molecule has 3 aliphatic rings. The predicted octanol–water partition coefficient (Wildman–Crippen LogP) is 3.66. The van der Waals surface area contributed by atoms with Gasteiger partial charge in [0.25, 0.3) is 5.91 Å². The van der Waals surface area contributed by atoms with Gasteiger partial charge >= 0.3 is 23.9 Å².